The molecule has 0 heterocycles. The minimum absolute atomic E-state index is 0.0157. The fraction of sp³-hybridized carbons (Fsp3) is 0. The highest BCUT2D eigenvalue weighted by atomic mass is 16.6. The Morgan fingerprint density at radius 3 is 2.93 bits per heavy atom. The molecular weight excluding hydrogens is 182 g/mol. The van der Waals surface area contributed by atoms with E-state index in [9.17, 15) is 10.1 Å². The zero-order chi connectivity index (χ0) is 10.1. The van der Waals surface area contributed by atoms with Gasteiger partial charge in [-0.15, -0.1) is 0 Å². The van der Waals surface area contributed by atoms with Gasteiger partial charge in [0.15, 0.2) is 0 Å². The number of non-ortho nitro benzene ring substituents is 1. The summed E-state index contributed by atoms with van der Waals surface area (Å²) in [5.41, 5.74) is 0.0266. The van der Waals surface area contributed by atoms with Crippen LogP contribution in [0.4, 0.5) is 5.69 Å². The number of benzene rings is 2. The fourth-order valence-corrected chi connectivity index (χ4v) is 1.35. The number of aromatic hydroxyl groups is 1. The number of hydrogen-bond donors (Lipinski definition) is 1. The van der Waals surface area contributed by atoms with Crippen molar-refractivity contribution in [2.75, 3.05) is 0 Å². The van der Waals surface area contributed by atoms with Crippen LogP contribution in [-0.2, 0) is 0 Å². The lowest BCUT2D eigenvalue weighted by atomic mass is 10.1. The maximum atomic E-state index is 10.6. The topological polar surface area (TPSA) is 63.4 Å². The molecule has 1 N–H and O–H groups in total. The average Bonchev–Trinajstić information content (AvgIpc) is 2.16. The summed E-state index contributed by atoms with van der Waals surface area (Å²) in [7, 11) is 0. The van der Waals surface area contributed by atoms with Gasteiger partial charge in [-0.2, -0.15) is 0 Å². The Hall–Kier alpha value is -2.10. The quantitative estimate of drug-likeness (QED) is 0.551. The monoisotopic (exact) mass is 188 g/mol. The van der Waals surface area contributed by atoms with Gasteiger partial charge in [0.1, 0.15) is 5.75 Å². The molecular formula is C10H6NO3. The van der Waals surface area contributed by atoms with Gasteiger partial charge in [-0.3, -0.25) is 10.1 Å². The average molecular weight is 188 g/mol. The zero-order valence-electron chi connectivity index (χ0n) is 7.10. The number of phenolic OH excluding ortho intramolecular Hbond substituents is 1. The van der Waals surface area contributed by atoms with Crippen molar-refractivity contribution in [2.24, 2.45) is 0 Å². The van der Waals surface area contributed by atoms with Crippen LogP contribution in [0.5, 0.6) is 5.75 Å². The van der Waals surface area contributed by atoms with Crippen LogP contribution >= 0.6 is 0 Å². The second-order valence-corrected chi connectivity index (χ2v) is 2.86. The van der Waals surface area contributed by atoms with E-state index in [1.165, 1.54) is 18.2 Å². The molecule has 0 aliphatic heterocycles. The van der Waals surface area contributed by atoms with E-state index in [0.29, 0.717) is 10.8 Å². The Labute approximate surface area is 79.6 Å². The molecule has 0 spiro atoms. The summed E-state index contributed by atoms with van der Waals surface area (Å²) < 4.78 is 0. The van der Waals surface area contributed by atoms with Crippen molar-refractivity contribution >= 4 is 16.5 Å². The lowest BCUT2D eigenvalue weighted by molar-refractivity contribution is -0.383. The molecule has 0 aromatic heterocycles. The zero-order valence-corrected chi connectivity index (χ0v) is 7.10. The molecule has 0 aliphatic carbocycles. The van der Waals surface area contributed by atoms with Gasteiger partial charge >= 0.3 is 0 Å². The first-order valence-corrected chi connectivity index (χ1v) is 3.96. The van der Waals surface area contributed by atoms with E-state index in [4.69, 9.17) is 5.11 Å². The molecule has 0 unspecified atom stereocenters. The highest BCUT2D eigenvalue weighted by molar-refractivity contribution is 5.91. The van der Waals surface area contributed by atoms with Gasteiger partial charge in [-0.25, -0.2) is 0 Å². The van der Waals surface area contributed by atoms with Crippen LogP contribution in [0, 0.1) is 16.2 Å². The Bertz CT molecular complexity index is 508. The predicted octanol–water partition coefficient (Wildman–Crippen LogP) is 2.25. The summed E-state index contributed by atoms with van der Waals surface area (Å²) in [5.74, 6) is -0.0157. The van der Waals surface area contributed by atoms with Crippen LogP contribution in [0.15, 0.2) is 30.3 Å². The van der Waals surface area contributed by atoms with Gasteiger partial charge in [-0.05, 0) is 17.5 Å². The first kappa shape index (κ1) is 8.50. The number of nitro benzene ring substituents is 1. The minimum atomic E-state index is -0.451. The van der Waals surface area contributed by atoms with Gasteiger partial charge < -0.3 is 5.11 Å². The largest absolute Gasteiger partial charge is 0.507 e. The highest BCUT2D eigenvalue weighted by Crippen LogP contribution is 2.27. The summed E-state index contributed by atoms with van der Waals surface area (Å²) in [4.78, 5) is 10.2. The van der Waals surface area contributed by atoms with E-state index in [-0.39, 0.29) is 11.4 Å². The molecule has 4 heteroatoms. The Balaban J connectivity index is 2.81. The fourth-order valence-electron chi connectivity index (χ4n) is 1.35. The van der Waals surface area contributed by atoms with Gasteiger partial charge in [0.25, 0.3) is 5.69 Å². The van der Waals surface area contributed by atoms with E-state index in [1.54, 1.807) is 12.1 Å². The van der Waals surface area contributed by atoms with E-state index in [1.807, 2.05) is 0 Å². The second kappa shape index (κ2) is 2.99. The van der Waals surface area contributed by atoms with Gasteiger partial charge in [0.05, 0.1) is 10.3 Å². The first-order valence-electron chi connectivity index (χ1n) is 3.96. The van der Waals surface area contributed by atoms with E-state index >= 15 is 0 Å². The Morgan fingerprint density at radius 1 is 1.43 bits per heavy atom. The van der Waals surface area contributed by atoms with Crippen molar-refractivity contribution in [3.8, 4) is 5.75 Å². The molecule has 4 nitrogen and oxygen atoms in total. The van der Waals surface area contributed by atoms with Gasteiger partial charge in [0.2, 0.25) is 0 Å². The van der Waals surface area contributed by atoms with Crippen molar-refractivity contribution in [2.45, 2.75) is 0 Å². The molecule has 0 amide bonds. The highest BCUT2D eigenvalue weighted by Gasteiger charge is 2.10. The standard InChI is InChI=1S/C10H6NO3/c12-8-4-5-9-7(6-8)2-1-3-10(9)11(13)14/h1-3,5-6,12H. The summed E-state index contributed by atoms with van der Waals surface area (Å²) >= 11 is 0. The number of nitrogens with zero attached hydrogens (tertiary/aromatic N) is 1. The Morgan fingerprint density at radius 2 is 2.21 bits per heavy atom. The molecule has 2 aromatic carbocycles. The van der Waals surface area contributed by atoms with Crippen molar-refractivity contribution in [1.82, 2.24) is 0 Å². The lowest BCUT2D eigenvalue weighted by Gasteiger charge is -1.98. The van der Waals surface area contributed by atoms with Crippen LogP contribution in [0.1, 0.15) is 0 Å². The molecule has 0 saturated carbocycles. The van der Waals surface area contributed by atoms with E-state index in [0.717, 1.165) is 0 Å². The maximum absolute atomic E-state index is 10.6. The molecule has 1 radical (unpaired) electrons. The SMILES string of the molecule is O=[N+]([O-])c1cccc2cc(O)[c]cc12. The van der Waals surface area contributed by atoms with Crippen LogP contribution < -0.4 is 0 Å². The molecule has 0 bridgehead atoms. The predicted molar refractivity (Wildman–Crippen MR) is 51.1 cm³/mol. The van der Waals surface area contributed by atoms with Crippen LogP contribution in [-0.4, -0.2) is 10.0 Å². The third-order valence-electron chi connectivity index (χ3n) is 1.97. The number of nitro groups is 1. The molecule has 2 rings (SSSR count). The number of fused-ring (bicyclic) bond motifs is 1. The third kappa shape index (κ3) is 1.26. The van der Waals surface area contributed by atoms with Gasteiger partial charge in [-0.1, -0.05) is 12.1 Å². The van der Waals surface area contributed by atoms with Crippen molar-refractivity contribution in [3.05, 3.63) is 46.5 Å². The number of hydrogen-bond acceptors (Lipinski definition) is 3. The van der Waals surface area contributed by atoms with Crippen molar-refractivity contribution < 1.29 is 10.0 Å². The Kier molecular flexibility index (Phi) is 1.81. The summed E-state index contributed by atoms with van der Waals surface area (Å²) in [6.07, 6.45) is 0. The number of rotatable bonds is 1. The lowest BCUT2D eigenvalue weighted by Crippen LogP contribution is -1.88. The molecule has 0 fully saturated rings. The van der Waals surface area contributed by atoms with Crippen molar-refractivity contribution in [3.63, 3.8) is 0 Å². The molecule has 0 aliphatic rings. The normalized spacial score (nSPS) is 10.3. The van der Waals surface area contributed by atoms with Crippen LogP contribution in [0.25, 0.3) is 10.8 Å². The maximum Gasteiger partial charge on any atom is 0.277 e. The molecule has 69 valence electrons. The first-order chi connectivity index (χ1) is 6.68. The minimum Gasteiger partial charge on any atom is -0.507 e. The summed E-state index contributed by atoms with van der Waals surface area (Å²) in [6, 6.07) is 10.1. The molecule has 0 atom stereocenters. The third-order valence-corrected chi connectivity index (χ3v) is 1.97. The molecule has 14 heavy (non-hydrogen) atoms. The van der Waals surface area contributed by atoms with Gasteiger partial charge in [0, 0.05) is 12.1 Å². The molecule has 0 saturated heterocycles. The van der Waals surface area contributed by atoms with E-state index < -0.39 is 4.92 Å². The second-order valence-electron chi connectivity index (χ2n) is 2.86. The van der Waals surface area contributed by atoms with E-state index in [2.05, 4.69) is 6.07 Å². The summed E-state index contributed by atoms with van der Waals surface area (Å²) in [5, 5.41) is 20.9. The smallest absolute Gasteiger partial charge is 0.277 e. The van der Waals surface area contributed by atoms with Crippen LogP contribution in [0.2, 0.25) is 0 Å². The summed E-state index contributed by atoms with van der Waals surface area (Å²) in [6.45, 7) is 0. The van der Waals surface area contributed by atoms with Crippen molar-refractivity contribution in [1.29, 1.82) is 0 Å². The van der Waals surface area contributed by atoms with Crippen LogP contribution in [0.3, 0.4) is 0 Å². The number of phenols is 1. The molecule has 2 aromatic rings.